The number of carboxylic acid groups (broad SMARTS) is 1. The van der Waals surface area contributed by atoms with Gasteiger partial charge in [0, 0.05) is 17.1 Å². The molecule has 0 aliphatic heterocycles. The van der Waals surface area contributed by atoms with Gasteiger partial charge in [-0.25, -0.2) is 0 Å². The molecule has 25 heavy (non-hydrogen) atoms. The molecule has 0 saturated carbocycles. The number of nitrogens with one attached hydrogen (secondary N) is 3. The van der Waals surface area contributed by atoms with Crippen LogP contribution in [0.15, 0.2) is 30.5 Å². The molecule has 0 spiro atoms. The standard InChI is InChI=1S/C17H22N4O4/c1-9(15(22)21-10(2)17(24)25)20-16(23)13(18)7-11-8-19-14-6-4-3-5-12(11)14/h3-6,8-10,13,19H,7,18H2,1-2H3,(H,20,23)(H,21,22)(H,24,25). The van der Waals surface area contributed by atoms with Crippen molar-refractivity contribution in [2.75, 3.05) is 0 Å². The Balaban J connectivity index is 1.93. The monoisotopic (exact) mass is 346 g/mol. The van der Waals surface area contributed by atoms with Crippen LogP contribution in [0.2, 0.25) is 0 Å². The van der Waals surface area contributed by atoms with E-state index in [2.05, 4.69) is 15.6 Å². The Bertz CT molecular complexity index is 786. The van der Waals surface area contributed by atoms with Crippen molar-refractivity contribution in [3.8, 4) is 0 Å². The van der Waals surface area contributed by atoms with Gasteiger partial charge in [0.2, 0.25) is 11.8 Å². The van der Waals surface area contributed by atoms with Crippen molar-refractivity contribution in [1.82, 2.24) is 15.6 Å². The number of carbonyl (C=O) groups is 3. The Morgan fingerprint density at radius 2 is 1.76 bits per heavy atom. The molecule has 1 aromatic carbocycles. The minimum Gasteiger partial charge on any atom is -0.480 e. The van der Waals surface area contributed by atoms with Gasteiger partial charge in [-0.3, -0.25) is 14.4 Å². The van der Waals surface area contributed by atoms with Crippen LogP contribution in [-0.4, -0.2) is 46.0 Å². The molecule has 3 unspecified atom stereocenters. The Kier molecular flexibility index (Phi) is 5.76. The molecule has 2 aromatic rings. The molecule has 2 rings (SSSR count). The summed E-state index contributed by atoms with van der Waals surface area (Å²) in [7, 11) is 0. The van der Waals surface area contributed by atoms with Crippen LogP contribution < -0.4 is 16.4 Å². The first-order chi connectivity index (χ1) is 11.8. The van der Waals surface area contributed by atoms with E-state index in [1.807, 2.05) is 30.5 Å². The third-order valence-corrected chi connectivity index (χ3v) is 3.93. The minimum absolute atomic E-state index is 0.315. The third kappa shape index (κ3) is 4.57. The van der Waals surface area contributed by atoms with Gasteiger partial charge < -0.3 is 26.5 Å². The first-order valence-electron chi connectivity index (χ1n) is 7.93. The lowest BCUT2D eigenvalue weighted by Gasteiger charge is -2.18. The average molecular weight is 346 g/mol. The molecular formula is C17H22N4O4. The summed E-state index contributed by atoms with van der Waals surface area (Å²) in [4.78, 5) is 37.9. The van der Waals surface area contributed by atoms with E-state index >= 15 is 0 Å². The third-order valence-electron chi connectivity index (χ3n) is 3.93. The number of aromatic nitrogens is 1. The van der Waals surface area contributed by atoms with E-state index < -0.39 is 35.9 Å². The van der Waals surface area contributed by atoms with Crippen molar-refractivity contribution in [2.45, 2.75) is 38.4 Å². The first-order valence-corrected chi connectivity index (χ1v) is 7.93. The van der Waals surface area contributed by atoms with Crippen molar-refractivity contribution < 1.29 is 19.5 Å². The Labute approximate surface area is 144 Å². The second-order valence-electron chi connectivity index (χ2n) is 5.97. The van der Waals surface area contributed by atoms with E-state index in [0.717, 1.165) is 16.5 Å². The molecule has 3 atom stereocenters. The number of aromatic amines is 1. The van der Waals surface area contributed by atoms with E-state index in [9.17, 15) is 14.4 Å². The second-order valence-corrected chi connectivity index (χ2v) is 5.97. The molecule has 0 fully saturated rings. The zero-order valence-corrected chi connectivity index (χ0v) is 14.1. The lowest BCUT2D eigenvalue weighted by molar-refractivity contribution is -0.141. The summed E-state index contributed by atoms with van der Waals surface area (Å²) in [6.07, 6.45) is 2.12. The summed E-state index contributed by atoms with van der Waals surface area (Å²) < 4.78 is 0. The highest BCUT2D eigenvalue weighted by Crippen LogP contribution is 2.18. The summed E-state index contributed by atoms with van der Waals surface area (Å²) in [5.74, 6) is -2.21. The summed E-state index contributed by atoms with van der Waals surface area (Å²) in [6.45, 7) is 2.82. The number of carbonyl (C=O) groups excluding carboxylic acids is 2. The number of rotatable bonds is 7. The molecule has 0 aliphatic carbocycles. The maximum absolute atomic E-state index is 12.2. The van der Waals surface area contributed by atoms with E-state index in [1.165, 1.54) is 13.8 Å². The van der Waals surface area contributed by atoms with Gasteiger partial charge in [-0.15, -0.1) is 0 Å². The van der Waals surface area contributed by atoms with Crippen molar-refractivity contribution in [3.05, 3.63) is 36.0 Å². The van der Waals surface area contributed by atoms with Crippen molar-refractivity contribution in [3.63, 3.8) is 0 Å². The highest BCUT2D eigenvalue weighted by Gasteiger charge is 2.23. The predicted octanol–water partition coefficient (Wildman–Crippen LogP) is 0.132. The first kappa shape index (κ1) is 18.5. The van der Waals surface area contributed by atoms with Gasteiger partial charge in [0.15, 0.2) is 0 Å². The van der Waals surface area contributed by atoms with E-state index in [-0.39, 0.29) is 0 Å². The summed E-state index contributed by atoms with van der Waals surface area (Å²) in [5.41, 5.74) is 7.82. The molecular weight excluding hydrogens is 324 g/mol. The lowest BCUT2D eigenvalue weighted by Crippen LogP contribution is -2.53. The maximum atomic E-state index is 12.2. The molecule has 6 N–H and O–H groups in total. The molecule has 0 radical (unpaired) electrons. The van der Waals surface area contributed by atoms with Crippen LogP contribution in [0.1, 0.15) is 19.4 Å². The highest BCUT2D eigenvalue weighted by atomic mass is 16.4. The van der Waals surface area contributed by atoms with Gasteiger partial charge in [-0.2, -0.15) is 0 Å². The Morgan fingerprint density at radius 1 is 1.12 bits per heavy atom. The van der Waals surface area contributed by atoms with Crippen molar-refractivity contribution >= 4 is 28.7 Å². The molecule has 0 aliphatic rings. The van der Waals surface area contributed by atoms with Crippen molar-refractivity contribution in [2.24, 2.45) is 5.73 Å². The van der Waals surface area contributed by atoms with Crippen LogP contribution in [0.5, 0.6) is 0 Å². The summed E-state index contributed by atoms with van der Waals surface area (Å²) in [6, 6.07) is 4.94. The number of hydrogen-bond donors (Lipinski definition) is 5. The predicted molar refractivity (Wildman–Crippen MR) is 92.8 cm³/mol. The highest BCUT2D eigenvalue weighted by molar-refractivity contribution is 5.92. The number of fused-ring (bicyclic) bond motifs is 1. The summed E-state index contributed by atoms with van der Waals surface area (Å²) >= 11 is 0. The minimum atomic E-state index is -1.15. The zero-order valence-electron chi connectivity index (χ0n) is 14.1. The molecule has 0 bridgehead atoms. The number of para-hydroxylation sites is 1. The molecule has 2 amide bonds. The number of carboxylic acids is 1. The quantitative estimate of drug-likeness (QED) is 0.485. The van der Waals surface area contributed by atoms with Crippen LogP contribution in [0, 0.1) is 0 Å². The molecule has 8 nitrogen and oxygen atoms in total. The van der Waals surface area contributed by atoms with Crippen LogP contribution in [0.3, 0.4) is 0 Å². The van der Waals surface area contributed by atoms with Gasteiger partial charge in [0.05, 0.1) is 6.04 Å². The fourth-order valence-electron chi connectivity index (χ4n) is 2.42. The van der Waals surface area contributed by atoms with Gasteiger partial charge in [-0.1, -0.05) is 18.2 Å². The molecule has 1 aromatic heterocycles. The van der Waals surface area contributed by atoms with Crippen LogP contribution >= 0.6 is 0 Å². The number of amides is 2. The largest absolute Gasteiger partial charge is 0.480 e. The average Bonchev–Trinajstić information content (AvgIpc) is 2.97. The molecule has 134 valence electrons. The van der Waals surface area contributed by atoms with E-state index in [4.69, 9.17) is 10.8 Å². The maximum Gasteiger partial charge on any atom is 0.325 e. The van der Waals surface area contributed by atoms with E-state index in [0.29, 0.717) is 6.42 Å². The Hall–Kier alpha value is -2.87. The van der Waals surface area contributed by atoms with Crippen LogP contribution in [0.4, 0.5) is 0 Å². The van der Waals surface area contributed by atoms with Gasteiger partial charge >= 0.3 is 5.97 Å². The number of aliphatic carboxylic acids is 1. The van der Waals surface area contributed by atoms with Crippen LogP contribution in [-0.2, 0) is 20.8 Å². The zero-order chi connectivity index (χ0) is 18.6. The van der Waals surface area contributed by atoms with Gasteiger partial charge in [-0.05, 0) is 31.9 Å². The lowest BCUT2D eigenvalue weighted by atomic mass is 10.0. The fourth-order valence-corrected chi connectivity index (χ4v) is 2.42. The fraction of sp³-hybridized carbons (Fsp3) is 0.353. The topological polar surface area (TPSA) is 137 Å². The second kappa shape index (κ2) is 7.80. The number of benzene rings is 1. The normalized spacial score (nSPS) is 14.5. The number of H-pyrrole nitrogens is 1. The van der Waals surface area contributed by atoms with Gasteiger partial charge in [0.1, 0.15) is 12.1 Å². The van der Waals surface area contributed by atoms with Gasteiger partial charge in [0.25, 0.3) is 0 Å². The molecule has 1 heterocycles. The smallest absolute Gasteiger partial charge is 0.325 e. The molecule has 0 saturated heterocycles. The SMILES string of the molecule is CC(NC(=O)C(C)NC(=O)C(N)Cc1c[nH]c2ccccc12)C(=O)O. The number of nitrogens with two attached hydrogens (primary N) is 1. The van der Waals surface area contributed by atoms with Crippen molar-refractivity contribution in [1.29, 1.82) is 0 Å². The Morgan fingerprint density at radius 3 is 2.44 bits per heavy atom. The molecule has 8 heteroatoms. The summed E-state index contributed by atoms with van der Waals surface area (Å²) in [5, 5.41) is 14.6. The van der Waals surface area contributed by atoms with Crippen LogP contribution in [0.25, 0.3) is 10.9 Å². The number of hydrogen-bond acceptors (Lipinski definition) is 4. The van der Waals surface area contributed by atoms with E-state index in [1.54, 1.807) is 0 Å².